The van der Waals surface area contributed by atoms with Crippen LogP contribution in [0.15, 0.2) is 23.2 Å². The van der Waals surface area contributed by atoms with Crippen molar-refractivity contribution >= 4 is 5.96 Å². The molecule has 2 aliphatic rings. The van der Waals surface area contributed by atoms with Gasteiger partial charge in [-0.05, 0) is 44.2 Å². The first-order chi connectivity index (χ1) is 13.6. The van der Waals surface area contributed by atoms with Gasteiger partial charge in [0.2, 0.25) is 0 Å². The molecule has 0 atom stereocenters. The van der Waals surface area contributed by atoms with Crippen LogP contribution >= 0.6 is 0 Å². The summed E-state index contributed by atoms with van der Waals surface area (Å²) in [5, 5.41) is 6.85. The molecule has 6 nitrogen and oxygen atoms in total. The number of guanidine groups is 1. The molecule has 1 aromatic carbocycles. The molecule has 3 rings (SSSR count). The fraction of sp³-hybridized carbons (Fsp3) is 0.682. The van der Waals surface area contributed by atoms with Gasteiger partial charge >= 0.3 is 0 Å². The SMILES string of the molecule is CN=C(NCc1ccc(C)cc1OC1CCCC1)NCC1(OC)CCOCC1. The summed E-state index contributed by atoms with van der Waals surface area (Å²) in [5.74, 6) is 1.77. The first kappa shape index (κ1) is 20.9. The predicted molar refractivity (Wildman–Crippen MR) is 112 cm³/mol. The maximum Gasteiger partial charge on any atom is 0.191 e. The van der Waals surface area contributed by atoms with E-state index in [0.717, 1.165) is 56.2 Å². The number of aliphatic imine (C=N–C) groups is 1. The molecule has 2 fully saturated rings. The molecule has 1 aromatic rings. The molecule has 0 bridgehead atoms. The van der Waals surface area contributed by atoms with Crippen molar-refractivity contribution < 1.29 is 14.2 Å². The van der Waals surface area contributed by atoms with Crippen LogP contribution in [0.3, 0.4) is 0 Å². The summed E-state index contributed by atoms with van der Waals surface area (Å²) in [6, 6.07) is 6.43. The summed E-state index contributed by atoms with van der Waals surface area (Å²) in [7, 11) is 3.58. The smallest absolute Gasteiger partial charge is 0.191 e. The van der Waals surface area contributed by atoms with E-state index < -0.39 is 0 Å². The average Bonchev–Trinajstić information content (AvgIpc) is 3.23. The van der Waals surface area contributed by atoms with Gasteiger partial charge in [-0.15, -0.1) is 0 Å². The Morgan fingerprint density at radius 2 is 1.96 bits per heavy atom. The molecule has 0 aromatic heterocycles. The van der Waals surface area contributed by atoms with Crippen molar-refractivity contribution in [2.24, 2.45) is 4.99 Å². The van der Waals surface area contributed by atoms with Crippen LogP contribution < -0.4 is 15.4 Å². The maximum atomic E-state index is 6.31. The molecular weight excluding hydrogens is 354 g/mol. The molecule has 0 spiro atoms. The second-order valence-corrected chi connectivity index (χ2v) is 7.91. The summed E-state index contributed by atoms with van der Waals surface area (Å²) >= 11 is 0. The first-order valence-corrected chi connectivity index (χ1v) is 10.5. The van der Waals surface area contributed by atoms with Crippen LogP contribution in [0.1, 0.15) is 49.7 Å². The molecule has 0 radical (unpaired) electrons. The number of nitrogens with zero attached hydrogens (tertiary/aromatic N) is 1. The van der Waals surface area contributed by atoms with Crippen molar-refractivity contribution in [1.82, 2.24) is 10.6 Å². The lowest BCUT2D eigenvalue weighted by molar-refractivity contribution is -0.0855. The summed E-state index contributed by atoms with van der Waals surface area (Å²) in [6.45, 7) is 4.98. The van der Waals surface area contributed by atoms with E-state index in [0.29, 0.717) is 19.2 Å². The molecule has 28 heavy (non-hydrogen) atoms. The Morgan fingerprint density at radius 3 is 2.64 bits per heavy atom. The minimum Gasteiger partial charge on any atom is -0.490 e. The van der Waals surface area contributed by atoms with E-state index in [4.69, 9.17) is 14.2 Å². The third-order valence-corrected chi connectivity index (χ3v) is 5.90. The molecule has 0 unspecified atom stereocenters. The Labute approximate surface area is 169 Å². The van der Waals surface area contributed by atoms with Crippen molar-refractivity contribution in [3.63, 3.8) is 0 Å². The van der Waals surface area contributed by atoms with Gasteiger partial charge in [-0.25, -0.2) is 0 Å². The highest BCUT2D eigenvalue weighted by molar-refractivity contribution is 5.79. The van der Waals surface area contributed by atoms with Crippen molar-refractivity contribution in [2.75, 3.05) is 33.9 Å². The second-order valence-electron chi connectivity index (χ2n) is 7.91. The van der Waals surface area contributed by atoms with Crippen LogP contribution in [0, 0.1) is 6.92 Å². The fourth-order valence-electron chi connectivity index (χ4n) is 3.94. The quantitative estimate of drug-likeness (QED) is 0.554. The molecule has 0 amide bonds. The van der Waals surface area contributed by atoms with Gasteiger partial charge in [-0.3, -0.25) is 4.99 Å². The molecule has 1 saturated heterocycles. The molecule has 1 aliphatic carbocycles. The zero-order valence-electron chi connectivity index (χ0n) is 17.6. The lowest BCUT2D eigenvalue weighted by Crippen LogP contribution is -2.50. The molecule has 1 saturated carbocycles. The van der Waals surface area contributed by atoms with Crippen LogP contribution in [-0.2, 0) is 16.0 Å². The average molecular weight is 390 g/mol. The molecule has 156 valence electrons. The summed E-state index contributed by atoms with van der Waals surface area (Å²) < 4.78 is 17.6. The van der Waals surface area contributed by atoms with Gasteiger partial charge in [0.15, 0.2) is 5.96 Å². The molecule has 6 heteroatoms. The standard InChI is InChI=1S/C22H35N3O3/c1-17-8-9-18(20(14-17)28-19-6-4-5-7-19)15-24-21(23-2)25-16-22(26-3)10-12-27-13-11-22/h8-9,14,19H,4-7,10-13,15-16H2,1-3H3,(H2,23,24,25). The first-order valence-electron chi connectivity index (χ1n) is 10.5. The van der Waals surface area contributed by atoms with Crippen LogP contribution in [0.4, 0.5) is 0 Å². The van der Waals surface area contributed by atoms with E-state index in [9.17, 15) is 0 Å². The monoisotopic (exact) mass is 389 g/mol. The van der Waals surface area contributed by atoms with E-state index in [1.54, 1.807) is 14.2 Å². The number of ether oxygens (including phenoxy) is 3. The number of rotatable bonds is 7. The van der Waals surface area contributed by atoms with Crippen molar-refractivity contribution in [1.29, 1.82) is 0 Å². The van der Waals surface area contributed by atoms with Gasteiger partial charge in [-0.2, -0.15) is 0 Å². The van der Waals surface area contributed by atoms with Gasteiger partial charge in [0, 0.05) is 58.9 Å². The van der Waals surface area contributed by atoms with Crippen molar-refractivity contribution in [3.8, 4) is 5.75 Å². The highest BCUT2D eigenvalue weighted by atomic mass is 16.5. The molecule has 2 N–H and O–H groups in total. The van der Waals surface area contributed by atoms with Gasteiger partial charge in [0.1, 0.15) is 5.75 Å². The minimum absolute atomic E-state index is 0.184. The van der Waals surface area contributed by atoms with Crippen molar-refractivity contribution in [3.05, 3.63) is 29.3 Å². The molecular formula is C22H35N3O3. The zero-order chi connectivity index (χ0) is 19.8. The largest absolute Gasteiger partial charge is 0.490 e. The summed E-state index contributed by atoms with van der Waals surface area (Å²) in [5.41, 5.74) is 2.20. The van der Waals surface area contributed by atoms with Crippen LogP contribution in [0.2, 0.25) is 0 Å². The lowest BCUT2D eigenvalue weighted by atomic mass is 9.94. The Balaban J connectivity index is 1.57. The highest BCUT2D eigenvalue weighted by Gasteiger charge is 2.32. The maximum absolute atomic E-state index is 6.31. The predicted octanol–water partition coefficient (Wildman–Crippen LogP) is 3.18. The summed E-state index contributed by atoms with van der Waals surface area (Å²) in [4.78, 5) is 4.37. The summed E-state index contributed by atoms with van der Waals surface area (Å²) in [6.07, 6.45) is 7.00. The number of aryl methyl sites for hydroxylation is 1. The third-order valence-electron chi connectivity index (χ3n) is 5.90. The van der Waals surface area contributed by atoms with Gasteiger partial charge < -0.3 is 24.8 Å². The van der Waals surface area contributed by atoms with Crippen molar-refractivity contribution in [2.45, 2.75) is 63.7 Å². The topological polar surface area (TPSA) is 64.1 Å². The van der Waals surface area contributed by atoms with Gasteiger partial charge in [0.25, 0.3) is 0 Å². The van der Waals surface area contributed by atoms with E-state index in [2.05, 4.69) is 40.7 Å². The number of hydrogen-bond acceptors (Lipinski definition) is 4. The normalized spacial score (nSPS) is 20.2. The van der Waals surface area contributed by atoms with E-state index >= 15 is 0 Å². The Morgan fingerprint density at radius 1 is 1.21 bits per heavy atom. The Hall–Kier alpha value is -1.79. The number of nitrogens with one attached hydrogen (secondary N) is 2. The number of benzene rings is 1. The van der Waals surface area contributed by atoms with E-state index in [-0.39, 0.29) is 5.60 Å². The van der Waals surface area contributed by atoms with Gasteiger partial charge in [-0.1, -0.05) is 12.1 Å². The van der Waals surface area contributed by atoms with E-state index in [1.165, 1.54) is 18.4 Å². The van der Waals surface area contributed by atoms with Crippen LogP contribution in [0.25, 0.3) is 0 Å². The third kappa shape index (κ3) is 5.61. The number of hydrogen-bond donors (Lipinski definition) is 2. The second kappa shape index (κ2) is 10.1. The minimum atomic E-state index is -0.184. The Bertz CT molecular complexity index is 650. The number of methoxy groups -OCH3 is 1. The molecule has 1 aliphatic heterocycles. The fourth-order valence-corrected chi connectivity index (χ4v) is 3.94. The molecule has 1 heterocycles. The lowest BCUT2D eigenvalue weighted by Gasteiger charge is -2.36. The Kier molecular flexibility index (Phi) is 7.57. The van der Waals surface area contributed by atoms with E-state index in [1.807, 2.05) is 0 Å². The zero-order valence-corrected chi connectivity index (χ0v) is 17.6. The highest BCUT2D eigenvalue weighted by Crippen LogP contribution is 2.28. The van der Waals surface area contributed by atoms with Gasteiger partial charge in [0.05, 0.1) is 11.7 Å². The van der Waals surface area contributed by atoms with Crippen LogP contribution in [0.5, 0.6) is 5.75 Å². The van der Waals surface area contributed by atoms with Crippen LogP contribution in [-0.4, -0.2) is 51.6 Å².